The number of hydrogen-bond acceptors (Lipinski definition) is 6. The molecule has 2 N–H and O–H groups in total. The SMILES string of the molecule is O=C(Nc1nc(-c2ccco2)cs1)[C@H]1CNCCO1. The van der Waals surface area contributed by atoms with Gasteiger partial charge in [-0.2, -0.15) is 0 Å². The van der Waals surface area contributed by atoms with E-state index in [1.54, 1.807) is 12.3 Å². The van der Waals surface area contributed by atoms with Gasteiger partial charge in [0.25, 0.3) is 5.91 Å². The number of furan rings is 1. The van der Waals surface area contributed by atoms with Crippen LogP contribution in [0.4, 0.5) is 5.13 Å². The fraction of sp³-hybridized carbons (Fsp3) is 0.333. The molecule has 6 nitrogen and oxygen atoms in total. The number of rotatable bonds is 3. The molecule has 1 aliphatic heterocycles. The normalized spacial score (nSPS) is 19.3. The molecule has 0 saturated carbocycles. The first kappa shape index (κ1) is 12.3. The summed E-state index contributed by atoms with van der Waals surface area (Å²) in [6.45, 7) is 1.86. The molecular weight excluding hydrogens is 266 g/mol. The quantitative estimate of drug-likeness (QED) is 0.886. The third-order valence-corrected chi connectivity index (χ3v) is 3.49. The highest BCUT2D eigenvalue weighted by molar-refractivity contribution is 7.14. The number of thiazole rings is 1. The molecule has 19 heavy (non-hydrogen) atoms. The number of amides is 1. The summed E-state index contributed by atoms with van der Waals surface area (Å²) in [6.07, 6.45) is 1.14. The molecule has 100 valence electrons. The molecule has 3 heterocycles. The van der Waals surface area contributed by atoms with Gasteiger partial charge >= 0.3 is 0 Å². The molecule has 0 aliphatic carbocycles. The van der Waals surface area contributed by atoms with Crippen LogP contribution in [-0.4, -0.2) is 36.7 Å². The number of hydrogen-bond donors (Lipinski definition) is 2. The third-order valence-electron chi connectivity index (χ3n) is 2.73. The van der Waals surface area contributed by atoms with Gasteiger partial charge < -0.3 is 14.5 Å². The van der Waals surface area contributed by atoms with Crippen molar-refractivity contribution < 1.29 is 13.9 Å². The summed E-state index contributed by atoms with van der Waals surface area (Å²) < 4.78 is 10.6. The largest absolute Gasteiger partial charge is 0.463 e. The number of carbonyl (C=O) groups excluding carboxylic acids is 1. The molecule has 3 rings (SSSR count). The zero-order valence-corrected chi connectivity index (χ0v) is 10.9. The van der Waals surface area contributed by atoms with Gasteiger partial charge in [0, 0.05) is 18.5 Å². The molecule has 1 amide bonds. The molecule has 0 radical (unpaired) electrons. The Labute approximate surface area is 113 Å². The maximum absolute atomic E-state index is 11.9. The molecule has 2 aromatic heterocycles. The molecule has 2 aromatic rings. The second-order valence-electron chi connectivity index (χ2n) is 4.07. The second kappa shape index (κ2) is 5.52. The Morgan fingerprint density at radius 3 is 3.26 bits per heavy atom. The van der Waals surface area contributed by atoms with Crippen molar-refractivity contribution in [3.05, 3.63) is 23.8 Å². The first-order chi connectivity index (χ1) is 9.33. The van der Waals surface area contributed by atoms with Crippen molar-refractivity contribution in [2.45, 2.75) is 6.10 Å². The van der Waals surface area contributed by atoms with E-state index in [4.69, 9.17) is 9.15 Å². The molecule has 0 unspecified atom stereocenters. The van der Waals surface area contributed by atoms with Crippen LogP contribution in [-0.2, 0) is 9.53 Å². The van der Waals surface area contributed by atoms with Crippen molar-refractivity contribution in [1.82, 2.24) is 10.3 Å². The standard InChI is InChI=1S/C12H13N3O3S/c16-11(10-6-13-3-5-18-10)15-12-14-8(7-19-12)9-2-1-4-17-9/h1-2,4,7,10,13H,3,5-6H2,(H,14,15,16)/t10-/m1/s1. The molecule has 0 bridgehead atoms. The summed E-state index contributed by atoms with van der Waals surface area (Å²) in [5.74, 6) is 0.514. The fourth-order valence-electron chi connectivity index (χ4n) is 1.79. The number of morpholine rings is 1. The van der Waals surface area contributed by atoms with Crippen LogP contribution in [0.3, 0.4) is 0 Å². The molecule has 0 spiro atoms. The van der Waals surface area contributed by atoms with Crippen LogP contribution in [0, 0.1) is 0 Å². The lowest BCUT2D eigenvalue weighted by atomic mass is 10.3. The summed E-state index contributed by atoms with van der Waals surface area (Å²) >= 11 is 1.36. The fourth-order valence-corrected chi connectivity index (χ4v) is 2.49. The van der Waals surface area contributed by atoms with Crippen LogP contribution in [0.5, 0.6) is 0 Å². The van der Waals surface area contributed by atoms with E-state index in [1.807, 2.05) is 11.4 Å². The van der Waals surface area contributed by atoms with E-state index in [1.165, 1.54) is 11.3 Å². The van der Waals surface area contributed by atoms with Crippen molar-refractivity contribution in [3.8, 4) is 11.5 Å². The predicted molar refractivity (Wildman–Crippen MR) is 71.1 cm³/mol. The number of ether oxygens (including phenoxy) is 1. The van der Waals surface area contributed by atoms with Gasteiger partial charge in [0.15, 0.2) is 10.9 Å². The number of carbonyl (C=O) groups is 1. The molecule has 1 atom stereocenters. The van der Waals surface area contributed by atoms with Crippen LogP contribution in [0.2, 0.25) is 0 Å². The monoisotopic (exact) mass is 279 g/mol. The highest BCUT2D eigenvalue weighted by Crippen LogP contribution is 2.25. The Morgan fingerprint density at radius 1 is 1.58 bits per heavy atom. The smallest absolute Gasteiger partial charge is 0.256 e. The Hall–Kier alpha value is -1.70. The summed E-state index contributed by atoms with van der Waals surface area (Å²) in [6, 6.07) is 3.63. The van der Waals surface area contributed by atoms with Crippen LogP contribution < -0.4 is 10.6 Å². The highest BCUT2D eigenvalue weighted by Gasteiger charge is 2.22. The Bertz CT molecular complexity index is 546. The Morgan fingerprint density at radius 2 is 2.53 bits per heavy atom. The minimum Gasteiger partial charge on any atom is -0.463 e. The summed E-state index contributed by atoms with van der Waals surface area (Å²) in [7, 11) is 0. The number of nitrogens with zero attached hydrogens (tertiary/aromatic N) is 1. The van der Waals surface area contributed by atoms with Gasteiger partial charge in [-0.25, -0.2) is 4.98 Å². The molecular formula is C12H13N3O3S. The van der Waals surface area contributed by atoms with Gasteiger partial charge in [0.05, 0.1) is 12.9 Å². The lowest BCUT2D eigenvalue weighted by Gasteiger charge is -2.22. The van der Waals surface area contributed by atoms with Crippen molar-refractivity contribution in [3.63, 3.8) is 0 Å². The van der Waals surface area contributed by atoms with Gasteiger partial charge in [-0.1, -0.05) is 0 Å². The summed E-state index contributed by atoms with van der Waals surface area (Å²) in [4.78, 5) is 16.2. The summed E-state index contributed by atoms with van der Waals surface area (Å²) in [5.41, 5.74) is 0.716. The van der Waals surface area contributed by atoms with Crippen LogP contribution in [0.25, 0.3) is 11.5 Å². The van der Waals surface area contributed by atoms with Crippen LogP contribution in [0.15, 0.2) is 28.2 Å². The number of aromatic nitrogens is 1. The highest BCUT2D eigenvalue weighted by atomic mass is 32.1. The minimum atomic E-state index is -0.454. The zero-order valence-electron chi connectivity index (χ0n) is 10.1. The first-order valence-corrected chi connectivity index (χ1v) is 6.83. The Balaban J connectivity index is 1.65. The third kappa shape index (κ3) is 2.83. The molecule has 7 heteroatoms. The molecule has 1 saturated heterocycles. The van der Waals surface area contributed by atoms with E-state index in [2.05, 4.69) is 15.6 Å². The maximum Gasteiger partial charge on any atom is 0.256 e. The van der Waals surface area contributed by atoms with Gasteiger partial charge in [0.2, 0.25) is 0 Å². The van der Waals surface area contributed by atoms with Crippen molar-refractivity contribution in [1.29, 1.82) is 0 Å². The van der Waals surface area contributed by atoms with E-state index in [0.29, 0.717) is 29.7 Å². The van der Waals surface area contributed by atoms with Crippen LogP contribution in [0.1, 0.15) is 0 Å². The van der Waals surface area contributed by atoms with E-state index in [0.717, 1.165) is 6.54 Å². The van der Waals surface area contributed by atoms with E-state index < -0.39 is 6.10 Å². The Kier molecular flexibility index (Phi) is 3.58. The van der Waals surface area contributed by atoms with Gasteiger partial charge in [-0.05, 0) is 12.1 Å². The lowest BCUT2D eigenvalue weighted by molar-refractivity contribution is -0.128. The van der Waals surface area contributed by atoms with Gasteiger partial charge in [-0.3, -0.25) is 10.1 Å². The molecule has 0 aromatic carbocycles. The zero-order chi connectivity index (χ0) is 13.1. The molecule has 1 fully saturated rings. The van der Waals surface area contributed by atoms with Crippen molar-refractivity contribution in [2.75, 3.05) is 25.0 Å². The van der Waals surface area contributed by atoms with Crippen LogP contribution >= 0.6 is 11.3 Å². The lowest BCUT2D eigenvalue weighted by Crippen LogP contribution is -2.45. The molecule has 1 aliphatic rings. The number of anilines is 1. The van der Waals surface area contributed by atoms with E-state index in [9.17, 15) is 4.79 Å². The second-order valence-corrected chi connectivity index (χ2v) is 4.93. The van der Waals surface area contributed by atoms with Crippen molar-refractivity contribution >= 4 is 22.4 Å². The van der Waals surface area contributed by atoms with Crippen molar-refractivity contribution in [2.24, 2.45) is 0 Å². The first-order valence-electron chi connectivity index (χ1n) is 5.95. The predicted octanol–water partition coefficient (Wildman–Crippen LogP) is 1.33. The van der Waals surface area contributed by atoms with Gasteiger partial charge in [0.1, 0.15) is 11.8 Å². The number of nitrogens with one attached hydrogen (secondary N) is 2. The summed E-state index contributed by atoms with van der Waals surface area (Å²) in [5, 5.41) is 8.26. The maximum atomic E-state index is 11.9. The topological polar surface area (TPSA) is 76.4 Å². The minimum absolute atomic E-state index is 0.174. The van der Waals surface area contributed by atoms with E-state index in [-0.39, 0.29) is 5.91 Å². The van der Waals surface area contributed by atoms with Gasteiger partial charge in [-0.15, -0.1) is 11.3 Å². The average Bonchev–Trinajstić information content (AvgIpc) is 3.10. The average molecular weight is 279 g/mol. The van der Waals surface area contributed by atoms with E-state index >= 15 is 0 Å².